The summed E-state index contributed by atoms with van der Waals surface area (Å²) < 4.78 is 26.2. The highest BCUT2D eigenvalue weighted by molar-refractivity contribution is 7.92. The number of nitrogens with one attached hydrogen (secondary N) is 1. The number of hydrogen-bond donors (Lipinski definition) is 1. The maximum atomic E-state index is 13.6. The minimum Gasteiger partial charge on any atom is -0.354 e. The van der Waals surface area contributed by atoms with E-state index in [4.69, 9.17) is 23.2 Å². The highest BCUT2D eigenvalue weighted by Gasteiger charge is 2.32. The number of carbonyl (C=O) groups excluding carboxylic acids is 2. The second-order valence-corrected chi connectivity index (χ2v) is 10.8. The van der Waals surface area contributed by atoms with Crippen molar-refractivity contribution >= 4 is 50.7 Å². The van der Waals surface area contributed by atoms with Crippen molar-refractivity contribution in [3.63, 3.8) is 0 Å². The van der Waals surface area contributed by atoms with Crippen LogP contribution in [-0.2, 0) is 26.2 Å². The minimum absolute atomic E-state index is 0.164. The SMILES string of the molecule is CCCNC(=O)C(CC)N(Cc1ccccc1C)C(=O)CN(c1cc(Cl)cc(Cl)c1)S(C)(=O)=O. The number of anilines is 1. The monoisotopic (exact) mass is 527 g/mol. The molecule has 1 N–H and O–H groups in total. The van der Waals surface area contributed by atoms with E-state index in [2.05, 4.69) is 5.32 Å². The maximum Gasteiger partial charge on any atom is 0.244 e. The summed E-state index contributed by atoms with van der Waals surface area (Å²) >= 11 is 12.2. The smallest absolute Gasteiger partial charge is 0.244 e. The van der Waals surface area contributed by atoms with Crippen molar-refractivity contribution in [3.05, 3.63) is 63.6 Å². The third kappa shape index (κ3) is 7.61. The molecule has 0 saturated carbocycles. The number of aryl methyl sites for hydroxylation is 1. The Kier molecular flexibility index (Phi) is 10.2. The van der Waals surface area contributed by atoms with Gasteiger partial charge in [-0.05, 0) is 49.1 Å². The maximum absolute atomic E-state index is 13.6. The predicted octanol–water partition coefficient (Wildman–Crippen LogP) is 4.40. The van der Waals surface area contributed by atoms with Crippen LogP contribution in [0.5, 0.6) is 0 Å². The van der Waals surface area contributed by atoms with Crippen molar-refractivity contribution in [3.8, 4) is 0 Å². The highest BCUT2D eigenvalue weighted by atomic mass is 35.5. The van der Waals surface area contributed by atoms with Crippen LogP contribution in [0.25, 0.3) is 0 Å². The molecule has 0 fully saturated rings. The molecule has 2 rings (SSSR count). The van der Waals surface area contributed by atoms with E-state index in [1.165, 1.54) is 23.1 Å². The summed E-state index contributed by atoms with van der Waals surface area (Å²) in [5.41, 5.74) is 2.01. The number of benzene rings is 2. The molecule has 1 atom stereocenters. The first-order valence-electron chi connectivity index (χ1n) is 11.0. The number of rotatable bonds is 11. The van der Waals surface area contributed by atoms with Crippen molar-refractivity contribution in [2.45, 2.75) is 46.2 Å². The van der Waals surface area contributed by atoms with Crippen LogP contribution >= 0.6 is 23.2 Å². The van der Waals surface area contributed by atoms with Gasteiger partial charge in [0.15, 0.2) is 0 Å². The summed E-state index contributed by atoms with van der Waals surface area (Å²) in [5, 5.41) is 3.33. The molecule has 7 nitrogen and oxygen atoms in total. The molecule has 0 aliphatic rings. The molecule has 0 aliphatic heterocycles. The Hall–Kier alpha value is -2.29. The number of amides is 2. The number of carbonyl (C=O) groups is 2. The van der Waals surface area contributed by atoms with Gasteiger partial charge < -0.3 is 10.2 Å². The van der Waals surface area contributed by atoms with Gasteiger partial charge in [0.2, 0.25) is 21.8 Å². The van der Waals surface area contributed by atoms with Gasteiger partial charge in [0.25, 0.3) is 0 Å². The fourth-order valence-corrected chi connectivity index (χ4v) is 4.90. The molecule has 2 amide bonds. The molecular weight excluding hydrogens is 497 g/mol. The van der Waals surface area contributed by atoms with Gasteiger partial charge in [-0.3, -0.25) is 13.9 Å². The van der Waals surface area contributed by atoms with Crippen LogP contribution in [0.4, 0.5) is 5.69 Å². The van der Waals surface area contributed by atoms with Crippen molar-refractivity contribution in [1.29, 1.82) is 0 Å². The van der Waals surface area contributed by atoms with Crippen molar-refractivity contribution in [2.75, 3.05) is 23.7 Å². The van der Waals surface area contributed by atoms with Gasteiger partial charge in [0.1, 0.15) is 12.6 Å². The van der Waals surface area contributed by atoms with E-state index in [1.807, 2.05) is 45.0 Å². The predicted molar refractivity (Wildman–Crippen MR) is 138 cm³/mol. The van der Waals surface area contributed by atoms with Crippen molar-refractivity contribution in [2.24, 2.45) is 0 Å². The van der Waals surface area contributed by atoms with E-state index in [9.17, 15) is 18.0 Å². The fourth-order valence-electron chi connectivity index (χ4n) is 3.55. The van der Waals surface area contributed by atoms with E-state index in [0.717, 1.165) is 28.1 Å². The fraction of sp³-hybridized carbons (Fsp3) is 0.417. The molecule has 186 valence electrons. The largest absolute Gasteiger partial charge is 0.354 e. The Bertz CT molecular complexity index is 1100. The van der Waals surface area contributed by atoms with E-state index in [0.29, 0.717) is 13.0 Å². The first kappa shape index (κ1) is 28.0. The topological polar surface area (TPSA) is 86.8 Å². The van der Waals surface area contributed by atoms with Crippen molar-refractivity contribution in [1.82, 2.24) is 10.2 Å². The molecule has 0 spiro atoms. The molecule has 10 heteroatoms. The molecule has 0 heterocycles. The lowest BCUT2D eigenvalue weighted by Gasteiger charge is -2.33. The zero-order valence-corrected chi connectivity index (χ0v) is 22.2. The zero-order chi connectivity index (χ0) is 25.5. The zero-order valence-electron chi connectivity index (χ0n) is 19.8. The van der Waals surface area contributed by atoms with Crippen LogP contribution in [-0.4, -0.2) is 50.5 Å². The van der Waals surface area contributed by atoms with E-state index in [1.54, 1.807) is 0 Å². The summed E-state index contributed by atoms with van der Waals surface area (Å²) in [4.78, 5) is 28.0. The van der Waals surface area contributed by atoms with Crippen LogP contribution in [0.2, 0.25) is 10.0 Å². The number of nitrogens with zero attached hydrogens (tertiary/aromatic N) is 2. The summed E-state index contributed by atoms with van der Waals surface area (Å²) in [6.45, 7) is 5.83. The Morgan fingerprint density at radius 2 is 1.68 bits per heavy atom. The summed E-state index contributed by atoms with van der Waals surface area (Å²) in [7, 11) is -3.86. The first-order valence-corrected chi connectivity index (χ1v) is 13.6. The normalized spacial score (nSPS) is 12.2. The molecule has 0 bridgehead atoms. The molecule has 0 saturated heterocycles. The average Bonchev–Trinajstić information content (AvgIpc) is 2.75. The Labute approximate surface area is 212 Å². The third-order valence-corrected chi connectivity index (χ3v) is 6.93. The summed E-state index contributed by atoms with van der Waals surface area (Å²) in [6.07, 6.45) is 2.13. The van der Waals surface area contributed by atoms with E-state index >= 15 is 0 Å². The minimum atomic E-state index is -3.86. The quantitative estimate of drug-likeness (QED) is 0.469. The van der Waals surface area contributed by atoms with Crippen LogP contribution < -0.4 is 9.62 Å². The number of sulfonamides is 1. The highest BCUT2D eigenvalue weighted by Crippen LogP contribution is 2.27. The molecule has 0 aliphatic carbocycles. The number of hydrogen-bond acceptors (Lipinski definition) is 4. The standard InChI is InChI=1S/C24H31Cl2N3O4S/c1-5-11-27-24(31)22(6-2)28(15-18-10-8-7-9-17(18)3)23(30)16-29(34(4,32)33)21-13-19(25)12-20(26)14-21/h7-10,12-14,22H,5-6,11,15-16H2,1-4H3,(H,27,31). The Morgan fingerprint density at radius 3 is 2.21 bits per heavy atom. The molecule has 2 aromatic carbocycles. The first-order chi connectivity index (χ1) is 16.0. The summed E-state index contributed by atoms with van der Waals surface area (Å²) in [5.74, 6) is -0.786. The van der Waals surface area contributed by atoms with Crippen molar-refractivity contribution < 1.29 is 18.0 Å². The van der Waals surface area contributed by atoms with Gasteiger partial charge in [0, 0.05) is 23.1 Å². The van der Waals surface area contributed by atoms with Gasteiger partial charge in [-0.15, -0.1) is 0 Å². The molecular formula is C24H31Cl2N3O4S. The van der Waals surface area contributed by atoms with Gasteiger partial charge in [0.05, 0.1) is 11.9 Å². The lowest BCUT2D eigenvalue weighted by Crippen LogP contribution is -2.52. The molecule has 1 unspecified atom stereocenters. The van der Waals surface area contributed by atoms with Crippen LogP contribution in [0.15, 0.2) is 42.5 Å². The lowest BCUT2D eigenvalue weighted by atomic mass is 10.1. The third-order valence-electron chi connectivity index (χ3n) is 5.35. The van der Waals surface area contributed by atoms with E-state index in [-0.39, 0.29) is 28.2 Å². The summed E-state index contributed by atoms with van der Waals surface area (Å²) in [6, 6.07) is 11.1. The van der Waals surface area contributed by atoms with Gasteiger partial charge in [-0.1, -0.05) is 61.3 Å². The van der Waals surface area contributed by atoms with Crippen LogP contribution in [0.3, 0.4) is 0 Å². The van der Waals surface area contributed by atoms with Crippen LogP contribution in [0.1, 0.15) is 37.8 Å². The Balaban J connectivity index is 2.47. The second-order valence-electron chi connectivity index (χ2n) is 8.06. The van der Waals surface area contributed by atoms with Gasteiger partial charge >= 0.3 is 0 Å². The average molecular weight is 529 g/mol. The number of halogens is 2. The molecule has 34 heavy (non-hydrogen) atoms. The van der Waals surface area contributed by atoms with Gasteiger partial charge in [-0.2, -0.15) is 0 Å². The molecule has 0 radical (unpaired) electrons. The van der Waals surface area contributed by atoms with Crippen LogP contribution in [0, 0.1) is 6.92 Å². The molecule has 2 aromatic rings. The molecule has 0 aromatic heterocycles. The van der Waals surface area contributed by atoms with Gasteiger partial charge in [-0.25, -0.2) is 8.42 Å². The lowest BCUT2D eigenvalue weighted by molar-refractivity contribution is -0.140. The van der Waals surface area contributed by atoms with E-state index < -0.39 is 28.5 Å². The Morgan fingerprint density at radius 1 is 1.06 bits per heavy atom. The second kappa shape index (κ2) is 12.4.